The second-order valence-corrected chi connectivity index (χ2v) is 5.30. The Morgan fingerprint density at radius 2 is 1.55 bits per heavy atom. The third-order valence-corrected chi connectivity index (χ3v) is 3.68. The molecule has 1 nitrogen and oxygen atoms in total. The van der Waals surface area contributed by atoms with Crippen LogP contribution in [-0.2, 0) is 12.8 Å². The molecule has 0 aromatic heterocycles. The van der Waals surface area contributed by atoms with Gasteiger partial charge in [-0.1, -0.05) is 6.07 Å². The highest BCUT2D eigenvalue weighted by Crippen LogP contribution is 2.31. The quantitative estimate of drug-likeness (QED) is 0.753. The molecule has 0 aliphatic heterocycles. The molecule has 1 aliphatic carbocycles. The predicted octanol–water partition coefficient (Wildman–Crippen LogP) is 4.94. The molecule has 0 fully saturated rings. The highest BCUT2D eigenvalue weighted by molar-refractivity contribution is 5.41. The molecule has 0 bridgehead atoms. The zero-order valence-corrected chi connectivity index (χ0v) is 11.4. The highest BCUT2D eigenvalue weighted by Gasteiger charge is 2.14. The van der Waals surface area contributed by atoms with Gasteiger partial charge < -0.3 is 4.74 Å². The van der Waals surface area contributed by atoms with Crippen LogP contribution in [0.1, 0.15) is 29.5 Å². The van der Waals surface area contributed by atoms with Gasteiger partial charge in [-0.25, -0.2) is 8.78 Å². The Bertz CT molecular complexity index is 626. The lowest BCUT2D eigenvalue weighted by Gasteiger charge is -2.17. The molecule has 2 aromatic carbocycles. The van der Waals surface area contributed by atoms with E-state index in [1.54, 1.807) is 13.0 Å². The molecule has 0 saturated carbocycles. The van der Waals surface area contributed by atoms with Crippen molar-refractivity contribution in [3.05, 3.63) is 58.7 Å². The van der Waals surface area contributed by atoms with Crippen molar-refractivity contribution in [2.45, 2.75) is 32.6 Å². The van der Waals surface area contributed by atoms with Crippen LogP contribution in [0.2, 0.25) is 0 Å². The topological polar surface area (TPSA) is 9.23 Å². The second-order valence-electron chi connectivity index (χ2n) is 5.30. The number of aryl methyl sites for hydroxylation is 3. The van der Waals surface area contributed by atoms with Crippen molar-refractivity contribution in [1.82, 2.24) is 0 Å². The summed E-state index contributed by atoms with van der Waals surface area (Å²) in [4.78, 5) is 0. The molecule has 104 valence electrons. The number of fused-ring (bicyclic) bond motifs is 1. The van der Waals surface area contributed by atoms with Gasteiger partial charge in [0, 0.05) is 0 Å². The van der Waals surface area contributed by atoms with Gasteiger partial charge in [0.2, 0.25) is 0 Å². The molecule has 0 radical (unpaired) electrons. The van der Waals surface area contributed by atoms with Crippen LogP contribution in [0.5, 0.6) is 11.5 Å². The molecule has 0 saturated heterocycles. The van der Waals surface area contributed by atoms with E-state index in [0.29, 0.717) is 11.3 Å². The van der Waals surface area contributed by atoms with Crippen LogP contribution >= 0.6 is 0 Å². The summed E-state index contributed by atoms with van der Waals surface area (Å²) in [6.45, 7) is 1.65. The summed E-state index contributed by atoms with van der Waals surface area (Å²) >= 11 is 0. The average Bonchev–Trinajstić information content (AvgIpc) is 2.42. The standard InChI is InChI=1S/C17H16F2O/c1-11-8-15(18)17(16(19)9-11)20-14-7-6-12-4-2-3-5-13(12)10-14/h6-10H,2-5H2,1H3. The molecule has 20 heavy (non-hydrogen) atoms. The van der Waals surface area contributed by atoms with Gasteiger partial charge in [0.25, 0.3) is 0 Å². The van der Waals surface area contributed by atoms with Gasteiger partial charge in [0.15, 0.2) is 17.4 Å². The molecule has 0 atom stereocenters. The summed E-state index contributed by atoms with van der Waals surface area (Å²) in [6, 6.07) is 8.22. The van der Waals surface area contributed by atoms with Gasteiger partial charge in [-0.05, 0) is 73.6 Å². The molecule has 3 rings (SSSR count). The fourth-order valence-electron chi connectivity index (χ4n) is 2.68. The Labute approximate surface area is 117 Å². The largest absolute Gasteiger partial charge is 0.451 e. The van der Waals surface area contributed by atoms with Crippen LogP contribution in [0.3, 0.4) is 0 Å². The van der Waals surface area contributed by atoms with Crippen LogP contribution in [-0.4, -0.2) is 0 Å². The normalized spacial score (nSPS) is 13.9. The fraction of sp³-hybridized carbons (Fsp3) is 0.294. The molecular formula is C17H16F2O. The molecule has 0 heterocycles. The van der Waals surface area contributed by atoms with E-state index < -0.39 is 11.6 Å². The van der Waals surface area contributed by atoms with Crippen LogP contribution in [0.15, 0.2) is 30.3 Å². The van der Waals surface area contributed by atoms with Gasteiger partial charge in [0.05, 0.1) is 0 Å². The second kappa shape index (κ2) is 5.23. The molecular weight excluding hydrogens is 258 g/mol. The molecule has 0 N–H and O–H groups in total. The summed E-state index contributed by atoms with van der Waals surface area (Å²) in [5, 5.41) is 0. The first-order chi connectivity index (χ1) is 9.63. The first kappa shape index (κ1) is 13.1. The van der Waals surface area contributed by atoms with E-state index in [1.807, 2.05) is 12.1 Å². The van der Waals surface area contributed by atoms with E-state index in [2.05, 4.69) is 0 Å². The van der Waals surface area contributed by atoms with Crippen LogP contribution < -0.4 is 4.74 Å². The first-order valence-electron chi connectivity index (χ1n) is 6.89. The van der Waals surface area contributed by atoms with Crippen molar-refractivity contribution in [2.24, 2.45) is 0 Å². The lowest BCUT2D eigenvalue weighted by Crippen LogP contribution is -2.02. The van der Waals surface area contributed by atoms with Crippen molar-refractivity contribution in [2.75, 3.05) is 0 Å². The molecule has 0 unspecified atom stereocenters. The number of hydrogen-bond acceptors (Lipinski definition) is 1. The minimum Gasteiger partial charge on any atom is -0.451 e. The third-order valence-electron chi connectivity index (χ3n) is 3.68. The lowest BCUT2D eigenvalue weighted by molar-refractivity contribution is 0.406. The summed E-state index contributed by atoms with van der Waals surface area (Å²) in [5.74, 6) is -1.17. The summed E-state index contributed by atoms with van der Waals surface area (Å²) in [7, 11) is 0. The maximum Gasteiger partial charge on any atom is 0.198 e. The Morgan fingerprint density at radius 1 is 0.900 bits per heavy atom. The molecule has 0 amide bonds. The fourth-order valence-corrected chi connectivity index (χ4v) is 2.68. The molecule has 0 spiro atoms. The van der Waals surface area contributed by atoms with E-state index in [9.17, 15) is 8.78 Å². The Kier molecular flexibility index (Phi) is 3.43. The lowest BCUT2D eigenvalue weighted by atomic mass is 9.92. The highest BCUT2D eigenvalue weighted by atomic mass is 19.1. The van der Waals surface area contributed by atoms with Crippen molar-refractivity contribution >= 4 is 0 Å². The Balaban J connectivity index is 1.92. The van der Waals surface area contributed by atoms with Gasteiger partial charge >= 0.3 is 0 Å². The number of rotatable bonds is 2. The van der Waals surface area contributed by atoms with Crippen LogP contribution in [0, 0.1) is 18.6 Å². The summed E-state index contributed by atoms with van der Waals surface area (Å²) in [5.41, 5.74) is 3.08. The van der Waals surface area contributed by atoms with Crippen molar-refractivity contribution < 1.29 is 13.5 Å². The summed E-state index contributed by atoms with van der Waals surface area (Å²) < 4.78 is 33.0. The van der Waals surface area contributed by atoms with Crippen molar-refractivity contribution in [1.29, 1.82) is 0 Å². The van der Waals surface area contributed by atoms with E-state index in [0.717, 1.165) is 19.3 Å². The van der Waals surface area contributed by atoms with E-state index in [1.165, 1.54) is 29.7 Å². The number of ether oxygens (including phenoxy) is 1. The number of halogens is 2. The van der Waals surface area contributed by atoms with Crippen molar-refractivity contribution in [3.8, 4) is 11.5 Å². The first-order valence-corrected chi connectivity index (χ1v) is 6.89. The van der Waals surface area contributed by atoms with E-state index in [-0.39, 0.29) is 5.75 Å². The molecule has 2 aromatic rings. The van der Waals surface area contributed by atoms with Crippen LogP contribution in [0.25, 0.3) is 0 Å². The van der Waals surface area contributed by atoms with E-state index in [4.69, 9.17) is 4.74 Å². The minimum absolute atomic E-state index is 0.327. The number of hydrogen-bond donors (Lipinski definition) is 0. The van der Waals surface area contributed by atoms with E-state index >= 15 is 0 Å². The number of benzene rings is 2. The zero-order chi connectivity index (χ0) is 14.1. The summed E-state index contributed by atoms with van der Waals surface area (Å²) in [6.07, 6.45) is 4.44. The van der Waals surface area contributed by atoms with Crippen LogP contribution in [0.4, 0.5) is 8.78 Å². The van der Waals surface area contributed by atoms with Gasteiger partial charge in [-0.3, -0.25) is 0 Å². The maximum absolute atomic E-state index is 13.8. The molecule has 3 heteroatoms. The maximum atomic E-state index is 13.8. The monoisotopic (exact) mass is 274 g/mol. The minimum atomic E-state index is -0.666. The van der Waals surface area contributed by atoms with Gasteiger partial charge in [-0.15, -0.1) is 0 Å². The predicted molar refractivity (Wildman–Crippen MR) is 74.3 cm³/mol. The Morgan fingerprint density at radius 3 is 2.25 bits per heavy atom. The SMILES string of the molecule is Cc1cc(F)c(Oc2ccc3c(c2)CCCC3)c(F)c1. The van der Waals surface area contributed by atoms with Crippen molar-refractivity contribution in [3.63, 3.8) is 0 Å². The van der Waals surface area contributed by atoms with Gasteiger partial charge in [0.1, 0.15) is 5.75 Å². The third kappa shape index (κ3) is 2.53. The zero-order valence-electron chi connectivity index (χ0n) is 11.4. The smallest absolute Gasteiger partial charge is 0.198 e. The Hall–Kier alpha value is -1.90. The van der Waals surface area contributed by atoms with Gasteiger partial charge in [-0.2, -0.15) is 0 Å². The average molecular weight is 274 g/mol. The molecule has 1 aliphatic rings.